The van der Waals surface area contributed by atoms with Crippen LogP contribution in [0.15, 0.2) is 6.20 Å². The lowest BCUT2D eigenvalue weighted by atomic mass is 10.1. The van der Waals surface area contributed by atoms with E-state index in [-0.39, 0.29) is 40.6 Å². The van der Waals surface area contributed by atoms with Crippen LogP contribution < -0.4 is 11.1 Å². The number of aryl methyl sites for hydroxylation is 1. The molecule has 0 unspecified atom stereocenters. The summed E-state index contributed by atoms with van der Waals surface area (Å²) < 4.78 is 15.3. The van der Waals surface area contributed by atoms with Gasteiger partial charge in [0.2, 0.25) is 0 Å². The largest absolute Gasteiger partial charge is 0.506 e. The summed E-state index contributed by atoms with van der Waals surface area (Å²) in [5.41, 5.74) is 6.00. The molecule has 0 saturated carbocycles. The number of aromatic nitrogens is 1. The summed E-state index contributed by atoms with van der Waals surface area (Å²) in [4.78, 5) is 43.7. The van der Waals surface area contributed by atoms with Crippen molar-refractivity contribution in [3.8, 4) is 5.75 Å². The van der Waals surface area contributed by atoms with Gasteiger partial charge >= 0.3 is 19.8 Å². The molecule has 0 aliphatic rings. The van der Waals surface area contributed by atoms with Gasteiger partial charge in [0.05, 0.1) is 12.3 Å². The summed E-state index contributed by atoms with van der Waals surface area (Å²) in [6, 6.07) is -2.10. The molecule has 2 atom stereocenters. The fraction of sp³-hybridized carbons (Fsp3) is 0.500. The minimum atomic E-state index is -4.75. The highest BCUT2D eigenvalue weighted by atomic mass is 33.1. The van der Waals surface area contributed by atoms with Gasteiger partial charge in [-0.3, -0.25) is 24.4 Å². The molecule has 0 fully saturated rings. The van der Waals surface area contributed by atoms with Crippen molar-refractivity contribution in [1.82, 2.24) is 10.3 Å². The van der Waals surface area contributed by atoms with Crippen molar-refractivity contribution in [3.05, 3.63) is 23.0 Å². The monoisotopic (exact) mass is 471 g/mol. The minimum Gasteiger partial charge on any atom is -0.506 e. The molecule has 0 spiro atoms. The highest BCUT2D eigenvalue weighted by molar-refractivity contribution is 8.76. The number of carboxylic acids is 2. The quantitative estimate of drug-likeness (QED) is 0.115. The van der Waals surface area contributed by atoms with Gasteiger partial charge in [-0.2, -0.15) is 0 Å². The fourth-order valence-corrected chi connectivity index (χ4v) is 4.52. The van der Waals surface area contributed by atoms with Crippen LogP contribution in [-0.4, -0.2) is 65.6 Å². The van der Waals surface area contributed by atoms with Crippen molar-refractivity contribution in [3.63, 3.8) is 0 Å². The van der Waals surface area contributed by atoms with Crippen molar-refractivity contribution < 1.29 is 43.8 Å². The number of rotatable bonds is 13. The normalized spacial score (nSPS) is 13.8. The van der Waals surface area contributed by atoms with Crippen LogP contribution in [0.25, 0.3) is 0 Å². The second-order valence-corrected chi connectivity index (χ2v) is 9.54. The van der Waals surface area contributed by atoms with E-state index in [9.17, 15) is 24.4 Å². The lowest BCUT2D eigenvalue weighted by Gasteiger charge is -2.18. The first-order chi connectivity index (χ1) is 13.4. The van der Waals surface area contributed by atoms with Gasteiger partial charge in [0.15, 0.2) is 0 Å². The Morgan fingerprint density at radius 1 is 1.28 bits per heavy atom. The number of nitrogens with two attached hydrogens (primary N) is 1. The van der Waals surface area contributed by atoms with E-state index in [2.05, 4.69) is 14.8 Å². The van der Waals surface area contributed by atoms with Crippen molar-refractivity contribution >= 4 is 41.3 Å². The molecule has 0 saturated heterocycles. The molecule has 1 rings (SSSR count). The van der Waals surface area contributed by atoms with Crippen molar-refractivity contribution in [1.29, 1.82) is 0 Å². The zero-order valence-electron chi connectivity index (χ0n) is 15.2. The predicted octanol–water partition coefficient (Wildman–Crippen LogP) is 0.0410. The molecule has 164 valence electrons. The van der Waals surface area contributed by atoms with Gasteiger partial charge in [-0.1, -0.05) is 21.6 Å². The maximum atomic E-state index is 11.4. The minimum absolute atomic E-state index is 0.0749. The molecule has 1 aromatic rings. The maximum Gasteiger partial charge on any atom is 0.469 e. The molecule has 15 heteroatoms. The molecule has 1 heterocycles. The zero-order valence-corrected chi connectivity index (χ0v) is 17.7. The lowest BCUT2D eigenvalue weighted by Crippen LogP contribution is -2.38. The average molecular weight is 471 g/mol. The van der Waals surface area contributed by atoms with Gasteiger partial charge in [-0.05, 0) is 6.92 Å². The van der Waals surface area contributed by atoms with Crippen LogP contribution in [0, 0.1) is 6.92 Å². The molecule has 0 aliphatic heterocycles. The number of carboxylic acid groups (broad SMARTS) is 2. The van der Waals surface area contributed by atoms with E-state index in [1.54, 1.807) is 0 Å². The van der Waals surface area contributed by atoms with E-state index in [1.807, 2.05) is 0 Å². The number of aliphatic carboxylic acids is 2. The molecular weight excluding hydrogens is 449 g/mol. The predicted molar refractivity (Wildman–Crippen MR) is 106 cm³/mol. The van der Waals surface area contributed by atoms with Crippen LogP contribution >= 0.6 is 29.4 Å². The standard InChI is InChI=1S/C14H22N3O9PS2/c1-7-12(18)9(8(2-16-7)4-26-27(23,24)25)3-17-11(14(21)22)6-29-28-5-10(15)13(19)20/h2,10-11,17-18H,3-6,15H2,1H3,(H,19,20)(H,21,22)(H2,23,24,25)/t10-,11-/m0/s1. The van der Waals surface area contributed by atoms with Crippen molar-refractivity contribution in [2.75, 3.05) is 11.5 Å². The molecule has 29 heavy (non-hydrogen) atoms. The average Bonchev–Trinajstić information content (AvgIpc) is 2.61. The van der Waals surface area contributed by atoms with Crippen molar-refractivity contribution in [2.24, 2.45) is 5.73 Å². The fourth-order valence-electron chi connectivity index (χ4n) is 1.91. The van der Waals surface area contributed by atoms with E-state index in [1.165, 1.54) is 13.1 Å². The Bertz CT molecular complexity index is 777. The molecule has 1 aromatic heterocycles. The van der Waals surface area contributed by atoms with Gasteiger partial charge in [0.25, 0.3) is 0 Å². The van der Waals surface area contributed by atoms with Crippen LogP contribution in [-0.2, 0) is 31.8 Å². The number of phosphoric ester groups is 1. The number of pyridine rings is 1. The van der Waals surface area contributed by atoms with E-state index in [0.717, 1.165) is 21.6 Å². The van der Waals surface area contributed by atoms with Gasteiger partial charge < -0.3 is 30.8 Å². The van der Waals surface area contributed by atoms with Crippen LogP contribution in [0.4, 0.5) is 0 Å². The first-order valence-corrected chi connectivity index (χ1v) is 12.0. The number of nitrogens with zero attached hydrogens (tertiary/aromatic N) is 1. The van der Waals surface area contributed by atoms with E-state index < -0.39 is 38.5 Å². The summed E-state index contributed by atoms with van der Waals surface area (Å²) in [5, 5.41) is 31.0. The molecule has 12 nitrogen and oxygen atoms in total. The Morgan fingerprint density at radius 3 is 2.45 bits per heavy atom. The smallest absolute Gasteiger partial charge is 0.469 e. The third kappa shape index (κ3) is 9.31. The molecule has 8 N–H and O–H groups in total. The lowest BCUT2D eigenvalue weighted by molar-refractivity contribution is -0.139. The first kappa shape index (κ1) is 25.7. The zero-order chi connectivity index (χ0) is 22.2. The number of nitrogens with one attached hydrogen (secondary N) is 1. The number of hydrogen-bond acceptors (Lipinski definition) is 10. The third-order valence-corrected chi connectivity index (χ3v) is 6.44. The van der Waals surface area contributed by atoms with Gasteiger partial charge in [0.1, 0.15) is 17.8 Å². The van der Waals surface area contributed by atoms with Crippen molar-refractivity contribution in [2.45, 2.75) is 32.2 Å². The summed E-state index contributed by atoms with van der Waals surface area (Å²) in [6.45, 7) is 0.850. The molecule has 0 bridgehead atoms. The Balaban J connectivity index is 2.76. The third-order valence-electron chi connectivity index (χ3n) is 3.52. The molecular formula is C14H22N3O9PS2. The molecule has 0 aliphatic carbocycles. The topological polar surface area (TPSA) is 213 Å². The Hall–Kier alpha value is -1.38. The number of phosphoric acid groups is 1. The number of hydrogen-bond donors (Lipinski definition) is 7. The Labute approximate surface area is 173 Å². The Kier molecular flexibility index (Phi) is 10.4. The van der Waals surface area contributed by atoms with E-state index in [0.29, 0.717) is 0 Å². The Morgan fingerprint density at radius 2 is 1.90 bits per heavy atom. The maximum absolute atomic E-state index is 11.4. The van der Waals surface area contributed by atoms with E-state index in [4.69, 9.17) is 20.6 Å². The number of carbonyl (C=O) groups is 2. The molecule has 0 radical (unpaired) electrons. The molecule has 0 aromatic carbocycles. The number of aromatic hydroxyl groups is 1. The summed E-state index contributed by atoms with van der Waals surface area (Å²) in [7, 11) is -2.51. The summed E-state index contributed by atoms with van der Waals surface area (Å²) in [5.74, 6) is -2.40. The van der Waals surface area contributed by atoms with Gasteiger partial charge in [-0.25, -0.2) is 4.57 Å². The second-order valence-electron chi connectivity index (χ2n) is 5.75. The van der Waals surface area contributed by atoms with Crippen LogP contribution in [0.2, 0.25) is 0 Å². The van der Waals surface area contributed by atoms with Crippen LogP contribution in [0.3, 0.4) is 0 Å². The SMILES string of the molecule is Cc1ncc(COP(=O)(O)O)c(CN[C@@H](CSSC[C@H](N)C(=O)O)C(=O)O)c1O. The van der Waals surface area contributed by atoms with E-state index >= 15 is 0 Å². The second kappa shape index (κ2) is 11.7. The van der Waals surface area contributed by atoms with Crippen LogP contribution in [0.5, 0.6) is 5.75 Å². The highest BCUT2D eigenvalue weighted by Crippen LogP contribution is 2.38. The summed E-state index contributed by atoms with van der Waals surface area (Å²) >= 11 is 0. The van der Waals surface area contributed by atoms with Crippen LogP contribution in [0.1, 0.15) is 16.8 Å². The van der Waals surface area contributed by atoms with Gasteiger partial charge in [0, 0.05) is 35.4 Å². The first-order valence-electron chi connectivity index (χ1n) is 7.97. The molecule has 0 amide bonds. The summed E-state index contributed by atoms with van der Waals surface area (Å²) in [6.07, 6.45) is 1.27. The van der Waals surface area contributed by atoms with Gasteiger partial charge in [-0.15, -0.1) is 0 Å². The highest BCUT2D eigenvalue weighted by Gasteiger charge is 2.22.